The largest absolute Gasteiger partial charge is 0.489 e. The summed E-state index contributed by atoms with van der Waals surface area (Å²) in [5.74, 6) is 0.657. The standard InChI is InChI=1S/C22H18ClNO3/c23-16-3-1-2-13(10-16)12-27-18-8-6-17(7-9-18)24-21(25)19-14-4-5-15(11-14)20(19)22(24)26/h1-10,14-15,19-20H,11-12H2/t14-,15-,19-,20-/m0/s1. The van der Waals surface area contributed by atoms with Crippen LogP contribution in [0.25, 0.3) is 0 Å². The van der Waals surface area contributed by atoms with Crippen LogP contribution in [-0.4, -0.2) is 11.8 Å². The van der Waals surface area contributed by atoms with E-state index in [9.17, 15) is 9.59 Å². The Bertz CT molecular complexity index is 922. The van der Waals surface area contributed by atoms with Crippen molar-refractivity contribution in [3.05, 3.63) is 71.3 Å². The molecule has 0 spiro atoms. The van der Waals surface area contributed by atoms with Gasteiger partial charge in [-0.05, 0) is 60.2 Å². The van der Waals surface area contributed by atoms with Crippen molar-refractivity contribution in [2.24, 2.45) is 23.7 Å². The molecule has 4 nitrogen and oxygen atoms in total. The van der Waals surface area contributed by atoms with Crippen LogP contribution in [0, 0.1) is 23.7 Å². The van der Waals surface area contributed by atoms with E-state index in [1.165, 1.54) is 4.90 Å². The maximum atomic E-state index is 12.8. The van der Waals surface area contributed by atoms with E-state index in [1.807, 2.05) is 24.3 Å². The maximum absolute atomic E-state index is 12.8. The van der Waals surface area contributed by atoms with E-state index in [0.717, 1.165) is 12.0 Å². The molecule has 5 heteroatoms. The number of carbonyl (C=O) groups excluding carboxylic acids is 2. The number of halogens is 1. The van der Waals surface area contributed by atoms with Crippen LogP contribution in [0.3, 0.4) is 0 Å². The van der Waals surface area contributed by atoms with E-state index >= 15 is 0 Å². The number of hydrogen-bond acceptors (Lipinski definition) is 3. The van der Waals surface area contributed by atoms with Crippen molar-refractivity contribution in [1.82, 2.24) is 0 Å². The fraction of sp³-hybridized carbons (Fsp3) is 0.273. The molecule has 0 unspecified atom stereocenters. The van der Waals surface area contributed by atoms with Crippen LogP contribution in [-0.2, 0) is 16.2 Å². The molecule has 0 radical (unpaired) electrons. The molecule has 4 atom stereocenters. The van der Waals surface area contributed by atoms with E-state index in [0.29, 0.717) is 23.1 Å². The Balaban J connectivity index is 1.31. The molecule has 0 aromatic heterocycles. The van der Waals surface area contributed by atoms with Crippen molar-refractivity contribution < 1.29 is 14.3 Å². The molecule has 2 aliphatic carbocycles. The fourth-order valence-electron chi connectivity index (χ4n) is 4.64. The van der Waals surface area contributed by atoms with Gasteiger partial charge in [0.2, 0.25) is 11.8 Å². The van der Waals surface area contributed by atoms with Crippen LogP contribution in [0.4, 0.5) is 5.69 Å². The predicted molar refractivity (Wildman–Crippen MR) is 102 cm³/mol. The summed E-state index contributed by atoms with van der Waals surface area (Å²) in [4.78, 5) is 27.0. The molecular weight excluding hydrogens is 362 g/mol. The molecule has 2 bridgehead atoms. The van der Waals surface area contributed by atoms with Gasteiger partial charge in [0.1, 0.15) is 12.4 Å². The Morgan fingerprint density at radius 1 is 0.963 bits per heavy atom. The third-order valence-corrected chi connectivity index (χ3v) is 6.09. The molecule has 2 fully saturated rings. The number of fused-ring (bicyclic) bond motifs is 5. The minimum absolute atomic E-state index is 0.0607. The van der Waals surface area contributed by atoms with Crippen LogP contribution < -0.4 is 9.64 Å². The summed E-state index contributed by atoms with van der Waals surface area (Å²) in [6.45, 7) is 0.403. The van der Waals surface area contributed by atoms with Crippen molar-refractivity contribution in [2.75, 3.05) is 4.90 Å². The minimum Gasteiger partial charge on any atom is -0.489 e. The predicted octanol–water partition coefficient (Wildman–Crippen LogP) is 4.23. The average Bonchev–Trinajstić information content (AvgIpc) is 3.35. The lowest BCUT2D eigenvalue weighted by Gasteiger charge is -2.17. The number of imide groups is 1. The van der Waals surface area contributed by atoms with Crippen molar-refractivity contribution in [1.29, 1.82) is 0 Å². The highest BCUT2D eigenvalue weighted by molar-refractivity contribution is 6.30. The molecular formula is C22H18ClNO3. The summed E-state index contributed by atoms with van der Waals surface area (Å²) in [7, 11) is 0. The number of anilines is 1. The van der Waals surface area contributed by atoms with Crippen LogP contribution in [0.2, 0.25) is 5.02 Å². The average molecular weight is 380 g/mol. The van der Waals surface area contributed by atoms with Gasteiger partial charge in [0, 0.05) is 5.02 Å². The summed E-state index contributed by atoms with van der Waals surface area (Å²) in [6, 6.07) is 14.7. The normalized spacial score (nSPS) is 28.1. The van der Waals surface area contributed by atoms with Crippen molar-refractivity contribution in [2.45, 2.75) is 13.0 Å². The molecule has 1 aliphatic heterocycles. The lowest BCUT2D eigenvalue weighted by molar-refractivity contribution is -0.123. The number of hydrogen-bond donors (Lipinski definition) is 0. The highest BCUT2D eigenvalue weighted by Gasteiger charge is 2.59. The lowest BCUT2D eigenvalue weighted by Crippen LogP contribution is -2.32. The molecule has 1 heterocycles. The van der Waals surface area contributed by atoms with E-state index in [-0.39, 0.29) is 35.5 Å². The number of carbonyl (C=O) groups is 2. The first-order chi connectivity index (χ1) is 13.1. The van der Waals surface area contributed by atoms with Crippen molar-refractivity contribution in [3.8, 4) is 5.75 Å². The van der Waals surface area contributed by atoms with E-state index in [1.54, 1.807) is 24.3 Å². The van der Waals surface area contributed by atoms with E-state index < -0.39 is 0 Å². The molecule has 2 aromatic rings. The molecule has 27 heavy (non-hydrogen) atoms. The van der Waals surface area contributed by atoms with Gasteiger partial charge in [-0.15, -0.1) is 0 Å². The topological polar surface area (TPSA) is 46.6 Å². The molecule has 3 aliphatic rings. The van der Waals surface area contributed by atoms with Crippen molar-refractivity contribution >= 4 is 29.1 Å². The Labute approximate surface area is 162 Å². The highest BCUT2D eigenvalue weighted by atomic mass is 35.5. The Morgan fingerprint density at radius 3 is 2.26 bits per heavy atom. The molecule has 0 N–H and O–H groups in total. The third-order valence-electron chi connectivity index (χ3n) is 5.86. The summed E-state index contributed by atoms with van der Waals surface area (Å²) in [5.41, 5.74) is 1.60. The molecule has 2 amide bonds. The summed E-state index contributed by atoms with van der Waals surface area (Å²) < 4.78 is 5.78. The summed E-state index contributed by atoms with van der Waals surface area (Å²) in [6.07, 6.45) is 5.15. The van der Waals surface area contributed by atoms with Gasteiger partial charge in [0.15, 0.2) is 0 Å². The SMILES string of the molecule is O=C1[C@@H]2[C@@H](C(=O)N1c1ccc(OCc3cccc(Cl)c3)cc1)[C@H]1C=C[C@H]2C1. The molecule has 5 rings (SSSR count). The lowest BCUT2D eigenvalue weighted by atomic mass is 9.85. The highest BCUT2D eigenvalue weighted by Crippen LogP contribution is 2.53. The number of rotatable bonds is 4. The first kappa shape index (κ1) is 16.6. The third kappa shape index (κ3) is 2.67. The van der Waals surface area contributed by atoms with Crippen LogP contribution in [0.5, 0.6) is 5.75 Å². The van der Waals surface area contributed by atoms with E-state index in [2.05, 4.69) is 12.2 Å². The smallest absolute Gasteiger partial charge is 0.238 e. The summed E-state index contributed by atoms with van der Waals surface area (Å²) in [5, 5.41) is 0.673. The Kier molecular flexibility index (Phi) is 3.83. The zero-order chi connectivity index (χ0) is 18.5. The zero-order valence-corrected chi connectivity index (χ0v) is 15.3. The van der Waals surface area contributed by atoms with Gasteiger partial charge in [0.05, 0.1) is 17.5 Å². The molecule has 136 valence electrons. The van der Waals surface area contributed by atoms with Gasteiger partial charge in [-0.3, -0.25) is 14.5 Å². The monoisotopic (exact) mass is 379 g/mol. The zero-order valence-electron chi connectivity index (χ0n) is 14.5. The number of benzene rings is 2. The minimum atomic E-state index is -0.175. The van der Waals surface area contributed by atoms with Gasteiger partial charge in [-0.25, -0.2) is 0 Å². The van der Waals surface area contributed by atoms with Gasteiger partial charge in [-0.1, -0.05) is 35.9 Å². The number of amides is 2. The van der Waals surface area contributed by atoms with Crippen LogP contribution in [0.15, 0.2) is 60.7 Å². The van der Waals surface area contributed by atoms with Gasteiger partial charge < -0.3 is 4.74 Å². The van der Waals surface area contributed by atoms with Gasteiger partial charge in [-0.2, -0.15) is 0 Å². The number of nitrogens with zero attached hydrogens (tertiary/aromatic N) is 1. The molecule has 2 aromatic carbocycles. The fourth-order valence-corrected chi connectivity index (χ4v) is 4.85. The Hall–Kier alpha value is -2.59. The Morgan fingerprint density at radius 2 is 1.63 bits per heavy atom. The number of ether oxygens (including phenoxy) is 1. The second-order valence-corrected chi connectivity index (χ2v) is 7.86. The quantitative estimate of drug-likeness (QED) is 0.590. The van der Waals surface area contributed by atoms with Gasteiger partial charge >= 0.3 is 0 Å². The summed E-state index contributed by atoms with van der Waals surface area (Å²) >= 11 is 5.98. The number of allylic oxidation sites excluding steroid dienone is 2. The van der Waals surface area contributed by atoms with E-state index in [4.69, 9.17) is 16.3 Å². The second-order valence-electron chi connectivity index (χ2n) is 7.42. The molecule has 1 saturated heterocycles. The first-order valence-electron chi connectivity index (χ1n) is 9.15. The van der Waals surface area contributed by atoms with Crippen molar-refractivity contribution in [3.63, 3.8) is 0 Å². The van der Waals surface area contributed by atoms with Crippen LogP contribution in [0.1, 0.15) is 12.0 Å². The first-order valence-corrected chi connectivity index (χ1v) is 9.53. The van der Waals surface area contributed by atoms with Crippen LogP contribution >= 0.6 is 11.6 Å². The maximum Gasteiger partial charge on any atom is 0.238 e. The van der Waals surface area contributed by atoms with Gasteiger partial charge in [0.25, 0.3) is 0 Å². The second kappa shape index (κ2) is 6.24. The molecule has 1 saturated carbocycles.